The molecule has 1 aromatic rings. The minimum Gasteiger partial charge on any atom is -0.384 e. The number of nitrogens with two attached hydrogens (primary N) is 1. The third-order valence-electron chi connectivity index (χ3n) is 3.45. The summed E-state index contributed by atoms with van der Waals surface area (Å²) in [6.45, 7) is 3.39. The first-order chi connectivity index (χ1) is 7.99. The Morgan fingerprint density at radius 1 is 1.59 bits per heavy atom. The van der Waals surface area contributed by atoms with Crippen LogP contribution in [0.4, 0.5) is 5.69 Å². The molecule has 0 aromatic heterocycles. The third-order valence-corrected chi connectivity index (χ3v) is 4.09. The fourth-order valence-electron chi connectivity index (χ4n) is 2.09. The summed E-state index contributed by atoms with van der Waals surface area (Å²) >= 11 is 3.55. The SMILES string of the molecule is CC1CC1CN(C)c1ccc(C(=N)N)cc1Br. The molecule has 0 spiro atoms. The summed E-state index contributed by atoms with van der Waals surface area (Å²) in [5.74, 6) is 1.81. The predicted octanol–water partition coefficient (Wildman–Crippen LogP) is 2.83. The van der Waals surface area contributed by atoms with Gasteiger partial charge in [0, 0.05) is 23.6 Å². The fourth-order valence-corrected chi connectivity index (χ4v) is 2.77. The second-order valence-corrected chi connectivity index (χ2v) is 5.79. The summed E-state index contributed by atoms with van der Waals surface area (Å²) in [5, 5.41) is 7.40. The Morgan fingerprint density at radius 2 is 2.24 bits per heavy atom. The summed E-state index contributed by atoms with van der Waals surface area (Å²) in [7, 11) is 2.11. The van der Waals surface area contributed by atoms with Gasteiger partial charge in [0.25, 0.3) is 0 Å². The molecule has 3 nitrogen and oxygen atoms in total. The van der Waals surface area contributed by atoms with Gasteiger partial charge in [-0.2, -0.15) is 0 Å². The van der Waals surface area contributed by atoms with Gasteiger partial charge in [-0.3, -0.25) is 5.41 Å². The molecule has 92 valence electrons. The van der Waals surface area contributed by atoms with Gasteiger partial charge in [-0.05, 0) is 52.4 Å². The maximum Gasteiger partial charge on any atom is 0.122 e. The van der Waals surface area contributed by atoms with Crippen LogP contribution >= 0.6 is 15.9 Å². The zero-order valence-corrected chi connectivity index (χ0v) is 11.8. The highest BCUT2D eigenvalue weighted by Crippen LogP contribution is 2.39. The third kappa shape index (κ3) is 2.80. The molecule has 1 aromatic carbocycles. The Kier molecular flexibility index (Phi) is 3.43. The molecule has 17 heavy (non-hydrogen) atoms. The molecule has 4 heteroatoms. The minimum absolute atomic E-state index is 0.107. The summed E-state index contributed by atoms with van der Waals surface area (Å²) < 4.78 is 1.00. The molecule has 2 rings (SSSR count). The second kappa shape index (κ2) is 4.69. The maximum absolute atomic E-state index is 7.40. The molecule has 2 unspecified atom stereocenters. The largest absolute Gasteiger partial charge is 0.384 e. The number of hydrogen-bond acceptors (Lipinski definition) is 2. The molecular formula is C13H18BrN3. The Labute approximate surface area is 111 Å². The minimum atomic E-state index is 0.107. The van der Waals surface area contributed by atoms with Crippen molar-refractivity contribution >= 4 is 27.5 Å². The fraction of sp³-hybridized carbons (Fsp3) is 0.462. The van der Waals surface area contributed by atoms with Crippen molar-refractivity contribution in [1.29, 1.82) is 5.41 Å². The van der Waals surface area contributed by atoms with E-state index < -0.39 is 0 Å². The van der Waals surface area contributed by atoms with Gasteiger partial charge in [-0.1, -0.05) is 6.92 Å². The number of rotatable bonds is 4. The molecule has 1 aliphatic rings. The van der Waals surface area contributed by atoms with Gasteiger partial charge >= 0.3 is 0 Å². The number of amidine groups is 1. The van der Waals surface area contributed by atoms with Crippen LogP contribution in [-0.4, -0.2) is 19.4 Å². The van der Waals surface area contributed by atoms with Crippen LogP contribution < -0.4 is 10.6 Å². The number of hydrogen-bond donors (Lipinski definition) is 2. The lowest BCUT2D eigenvalue weighted by Gasteiger charge is -2.21. The molecule has 0 saturated heterocycles. The number of nitrogens with zero attached hydrogens (tertiary/aromatic N) is 1. The monoisotopic (exact) mass is 295 g/mol. The van der Waals surface area contributed by atoms with Crippen LogP contribution in [0.2, 0.25) is 0 Å². The van der Waals surface area contributed by atoms with Crippen molar-refractivity contribution in [3.8, 4) is 0 Å². The van der Waals surface area contributed by atoms with Gasteiger partial charge in [-0.25, -0.2) is 0 Å². The average molecular weight is 296 g/mol. The van der Waals surface area contributed by atoms with Gasteiger partial charge in [0.1, 0.15) is 5.84 Å². The van der Waals surface area contributed by atoms with E-state index in [0.717, 1.165) is 34.1 Å². The molecule has 2 atom stereocenters. The van der Waals surface area contributed by atoms with Crippen LogP contribution in [0.25, 0.3) is 0 Å². The van der Waals surface area contributed by atoms with Gasteiger partial charge < -0.3 is 10.6 Å². The van der Waals surface area contributed by atoms with Crippen molar-refractivity contribution < 1.29 is 0 Å². The molecule has 1 saturated carbocycles. The van der Waals surface area contributed by atoms with E-state index in [0.29, 0.717) is 0 Å². The Hall–Kier alpha value is -1.03. The number of nitrogen functional groups attached to an aromatic ring is 1. The predicted molar refractivity (Wildman–Crippen MR) is 75.7 cm³/mol. The Morgan fingerprint density at radius 3 is 2.71 bits per heavy atom. The quantitative estimate of drug-likeness (QED) is 0.663. The zero-order valence-electron chi connectivity index (χ0n) is 10.2. The normalized spacial score (nSPS) is 22.3. The van der Waals surface area contributed by atoms with Crippen molar-refractivity contribution in [2.24, 2.45) is 17.6 Å². The first kappa shape index (κ1) is 12.4. The molecule has 0 amide bonds. The van der Waals surface area contributed by atoms with Crippen molar-refractivity contribution in [3.05, 3.63) is 28.2 Å². The molecule has 0 radical (unpaired) electrons. The number of nitrogens with one attached hydrogen (secondary N) is 1. The second-order valence-electron chi connectivity index (χ2n) is 4.93. The number of anilines is 1. The molecule has 0 heterocycles. The maximum atomic E-state index is 7.40. The number of halogens is 1. The summed E-state index contributed by atoms with van der Waals surface area (Å²) in [6, 6.07) is 5.83. The van der Waals surface area contributed by atoms with Crippen molar-refractivity contribution in [2.45, 2.75) is 13.3 Å². The topological polar surface area (TPSA) is 53.1 Å². The van der Waals surface area contributed by atoms with E-state index in [9.17, 15) is 0 Å². The van der Waals surface area contributed by atoms with Crippen molar-refractivity contribution in [3.63, 3.8) is 0 Å². The van der Waals surface area contributed by atoms with E-state index in [1.165, 1.54) is 6.42 Å². The van der Waals surface area contributed by atoms with E-state index in [1.807, 2.05) is 18.2 Å². The molecule has 0 bridgehead atoms. The van der Waals surface area contributed by atoms with Crippen LogP contribution in [-0.2, 0) is 0 Å². The lowest BCUT2D eigenvalue weighted by molar-refractivity contribution is 0.725. The smallest absolute Gasteiger partial charge is 0.122 e. The lowest BCUT2D eigenvalue weighted by Crippen LogP contribution is -2.21. The van der Waals surface area contributed by atoms with Gasteiger partial charge in [0.2, 0.25) is 0 Å². The molecule has 1 fully saturated rings. The van der Waals surface area contributed by atoms with E-state index in [-0.39, 0.29) is 5.84 Å². The molecular weight excluding hydrogens is 278 g/mol. The Balaban J connectivity index is 2.12. The van der Waals surface area contributed by atoms with Crippen LogP contribution in [0.15, 0.2) is 22.7 Å². The van der Waals surface area contributed by atoms with E-state index >= 15 is 0 Å². The summed E-state index contributed by atoms with van der Waals surface area (Å²) in [5.41, 5.74) is 7.39. The van der Waals surface area contributed by atoms with Gasteiger partial charge in [0.05, 0.1) is 5.69 Å². The van der Waals surface area contributed by atoms with E-state index in [2.05, 4.69) is 34.8 Å². The number of benzene rings is 1. The first-order valence-electron chi connectivity index (χ1n) is 5.84. The highest BCUT2D eigenvalue weighted by atomic mass is 79.9. The van der Waals surface area contributed by atoms with Crippen LogP contribution in [0.3, 0.4) is 0 Å². The average Bonchev–Trinajstić information content (AvgIpc) is 2.93. The highest BCUT2D eigenvalue weighted by molar-refractivity contribution is 9.10. The highest BCUT2D eigenvalue weighted by Gasteiger charge is 2.33. The van der Waals surface area contributed by atoms with Crippen molar-refractivity contribution in [2.75, 3.05) is 18.5 Å². The molecule has 1 aliphatic carbocycles. The van der Waals surface area contributed by atoms with Crippen LogP contribution in [0.5, 0.6) is 0 Å². The van der Waals surface area contributed by atoms with Crippen LogP contribution in [0, 0.1) is 17.2 Å². The summed E-state index contributed by atoms with van der Waals surface area (Å²) in [4.78, 5) is 2.27. The molecule has 3 N–H and O–H groups in total. The van der Waals surface area contributed by atoms with E-state index in [1.54, 1.807) is 0 Å². The van der Waals surface area contributed by atoms with Gasteiger partial charge in [0.15, 0.2) is 0 Å². The standard InChI is InChI=1S/C13H18BrN3/c1-8-5-10(8)7-17(2)12-4-3-9(13(15)16)6-11(12)14/h3-4,6,8,10H,5,7H2,1-2H3,(H3,15,16). The first-order valence-corrected chi connectivity index (χ1v) is 6.63. The zero-order chi connectivity index (χ0) is 12.6. The van der Waals surface area contributed by atoms with Crippen LogP contribution in [0.1, 0.15) is 18.9 Å². The Bertz CT molecular complexity index is 444. The van der Waals surface area contributed by atoms with Crippen molar-refractivity contribution in [1.82, 2.24) is 0 Å². The van der Waals surface area contributed by atoms with Gasteiger partial charge in [-0.15, -0.1) is 0 Å². The lowest BCUT2D eigenvalue weighted by atomic mass is 10.2. The summed E-state index contributed by atoms with van der Waals surface area (Å²) in [6.07, 6.45) is 1.34. The molecule has 0 aliphatic heterocycles. The van der Waals surface area contributed by atoms with E-state index in [4.69, 9.17) is 11.1 Å².